The Kier molecular flexibility index (Phi) is 2.70. The van der Waals surface area contributed by atoms with Crippen molar-refractivity contribution in [1.82, 2.24) is 0 Å². The number of rotatable bonds is 3. The molecule has 0 atom stereocenters. The number of benzene rings is 1. The van der Waals surface area contributed by atoms with Crippen molar-refractivity contribution in [1.29, 1.82) is 0 Å². The fourth-order valence-electron chi connectivity index (χ4n) is 1.75. The first-order valence-electron chi connectivity index (χ1n) is 5.52. The maximum atomic E-state index is 9.87. The lowest BCUT2D eigenvalue weighted by molar-refractivity contribution is -0.0663. The van der Waals surface area contributed by atoms with Crippen LogP contribution in [0.15, 0.2) is 18.2 Å². The molecule has 82 valence electrons. The smallest absolute Gasteiger partial charge is 0.119 e. The van der Waals surface area contributed by atoms with E-state index in [1.807, 2.05) is 12.1 Å². The molecule has 2 nitrogen and oxygen atoms in total. The third-order valence-electron chi connectivity index (χ3n) is 3.27. The number of aryl methyl sites for hydroxylation is 2. The Morgan fingerprint density at radius 2 is 2.00 bits per heavy atom. The third-order valence-corrected chi connectivity index (χ3v) is 3.27. The Labute approximate surface area is 90.9 Å². The first-order chi connectivity index (χ1) is 7.09. The van der Waals surface area contributed by atoms with Gasteiger partial charge in [-0.3, -0.25) is 0 Å². The van der Waals surface area contributed by atoms with Crippen molar-refractivity contribution >= 4 is 0 Å². The molecular weight excluding hydrogens is 188 g/mol. The lowest BCUT2D eigenvalue weighted by atomic mass is 9.81. The molecule has 0 radical (unpaired) electrons. The number of ether oxygens (including phenoxy) is 1. The molecule has 1 N–H and O–H groups in total. The van der Waals surface area contributed by atoms with Crippen molar-refractivity contribution in [3.05, 3.63) is 29.3 Å². The summed E-state index contributed by atoms with van der Waals surface area (Å²) in [6.45, 7) is 4.58. The normalized spacial score (nSPS) is 18.3. The summed E-state index contributed by atoms with van der Waals surface area (Å²) in [7, 11) is 0. The van der Waals surface area contributed by atoms with E-state index in [-0.39, 0.29) is 0 Å². The van der Waals surface area contributed by atoms with Gasteiger partial charge in [-0.05, 0) is 56.4 Å². The topological polar surface area (TPSA) is 29.5 Å². The number of hydrogen-bond acceptors (Lipinski definition) is 2. The van der Waals surface area contributed by atoms with Crippen LogP contribution in [0, 0.1) is 13.8 Å². The maximum Gasteiger partial charge on any atom is 0.119 e. The van der Waals surface area contributed by atoms with Crippen LogP contribution in [0.1, 0.15) is 30.4 Å². The third kappa shape index (κ3) is 2.32. The molecule has 0 saturated heterocycles. The van der Waals surface area contributed by atoms with Crippen LogP contribution in [0.3, 0.4) is 0 Å². The lowest BCUT2D eigenvalue weighted by Gasteiger charge is -2.36. The fraction of sp³-hybridized carbons (Fsp3) is 0.538. The Bertz CT molecular complexity index is 354. The molecule has 1 aromatic rings. The van der Waals surface area contributed by atoms with Crippen molar-refractivity contribution in [3.63, 3.8) is 0 Å². The highest BCUT2D eigenvalue weighted by Crippen LogP contribution is 2.32. The molecule has 0 amide bonds. The lowest BCUT2D eigenvalue weighted by Crippen LogP contribution is -2.42. The molecule has 15 heavy (non-hydrogen) atoms. The van der Waals surface area contributed by atoms with Crippen molar-refractivity contribution < 1.29 is 9.84 Å². The molecular formula is C13H18O2. The molecule has 0 bridgehead atoms. The zero-order valence-electron chi connectivity index (χ0n) is 9.42. The zero-order valence-corrected chi connectivity index (χ0v) is 9.42. The predicted octanol–water partition coefficient (Wildman–Crippen LogP) is 2.60. The van der Waals surface area contributed by atoms with Crippen LogP contribution in [-0.2, 0) is 0 Å². The Balaban J connectivity index is 1.96. The van der Waals surface area contributed by atoms with Gasteiger partial charge in [-0.1, -0.05) is 6.07 Å². The van der Waals surface area contributed by atoms with Crippen LogP contribution < -0.4 is 4.74 Å². The summed E-state index contributed by atoms with van der Waals surface area (Å²) in [6.07, 6.45) is 2.86. The number of aliphatic hydroxyl groups is 1. The van der Waals surface area contributed by atoms with E-state index in [0.717, 1.165) is 25.0 Å². The largest absolute Gasteiger partial charge is 0.491 e. The van der Waals surface area contributed by atoms with Crippen LogP contribution in [0.2, 0.25) is 0 Å². The molecule has 1 aromatic carbocycles. The van der Waals surface area contributed by atoms with Gasteiger partial charge in [0.1, 0.15) is 12.4 Å². The van der Waals surface area contributed by atoms with Gasteiger partial charge in [-0.2, -0.15) is 0 Å². The van der Waals surface area contributed by atoms with Crippen LogP contribution in [0.4, 0.5) is 0 Å². The van der Waals surface area contributed by atoms with Crippen molar-refractivity contribution in [2.75, 3.05) is 6.61 Å². The predicted molar refractivity (Wildman–Crippen MR) is 60.2 cm³/mol. The molecule has 0 aliphatic heterocycles. The summed E-state index contributed by atoms with van der Waals surface area (Å²) in [5.74, 6) is 0.860. The van der Waals surface area contributed by atoms with Gasteiger partial charge < -0.3 is 9.84 Å². The van der Waals surface area contributed by atoms with Gasteiger partial charge in [0, 0.05) is 0 Å². The van der Waals surface area contributed by atoms with Crippen molar-refractivity contribution in [2.45, 2.75) is 38.7 Å². The Morgan fingerprint density at radius 1 is 1.27 bits per heavy atom. The molecule has 0 heterocycles. The summed E-state index contributed by atoms with van der Waals surface area (Å²) >= 11 is 0. The molecule has 0 spiro atoms. The summed E-state index contributed by atoms with van der Waals surface area (Å²) in [6, 6.07) is 6.04. The molecule has 0 aromatic heterocycles. The molecule has 2 rings (SSSR count). The van der Waals surface area contributed by atoms with Gasteiger partial charge in [0.25, 0.3) is 0 Å². The summed E-state index contributed by atoms with van der Waals surface area (Å²) < 4.78 is 5.60. The second kappa shape index (κ2) is 3.86. The SMILES string of the molecule is Cc1ccc(OCC2(O)CCC2)cc1C. The van der Waals surface area contributed by atoms with Gasteiger partial charge >= 0.3 is 0 Å². The fourth-order valence-corrected chi connectivity index (χ4v) is 1.75. The molecule has 1 aliphatic rings. The summed E-state index contributed by atoms with van der Waals surface area (Å²) in [5, 5.41) is 9.87. The van der Waals surface area contributed by atoms with Gasteiger partial charge in [0.2, 0.25) is 0 Å². The minimum absolute atomic E-state index is 0.426. The summed E-state index contributed by atoms with van der Waals surface area (Å²) in [5.41, 5.74) is 1.94. The van der Waals surface area contributed by atoms with Gasteiger partial charge in [-0.15, -0.1) is 0 Å². The van der Waals surface area contributed by atoms with E-state index in [9.17, 15) is 5.11 Å². The van der Waals surface area contributed by atoms with Gasteiger partial charge in [-0.25, -0.2) is 0 Å². The minimum atomic E-state index is -0.557. The van der Waals surface area contributed by atoms with E-state index < -0.39 is 5.60 Å². The maximum absolute atomic E-state index is 9.87. The second-order valence-corrected chi connectivity index (χ2v) is 4.61. The zero-order chi connectivity index (χ0) is 10.9. The highest BCUT2D eigenvalue weighted by molar-refractivity contribution is 5.33. The Hall–Kier alpha value is -1.02. The van der Waals surface area contributed by atoms with Crippen LogP contribution >= 0.6 is 0 Å². The molecule has 1 aliphatic carbocycles. The molecule has 0 unspecified atom stereocenters. The molecule has 1 fully saturated rings. The van der Waals surface area contributed by atoms with E-state index in [2.05, 4.69) is 19.9 Å². The quantitative estimate of drug-likeness (QED) is 0.823. The Morgan fingerprint density at radius 3 is 2.53 bits per heavy atom. The highest BCUT2D eigenvalue weighted by atomic mass is 16.5. The van der Waals surface area contributed by atoms with E-state index >= 15 is 0 Å². The van der Waals surface area contributed by atoms with Crippen LogP contribution in [0.25, 0.3) is 0 Å². The molecule has 1 saturated carbocycles. The van der Waals surface area contributed by atoms with Crippen LogP contribution in [0.5, 0.6) is 5.75 Å². The van der Waals surface area contributed by atoms with Gasteiger partial charge in [0.15, 0.2) is 0 Å². The van der Waals surface area contributed by atoms with Crippen molar-refractivity contribution in [2.24, 2.45) is 0 Å². The molecule has 2 heteroatoms. The highest BCUT2D eigenvalue weighted by Gasteiger charge is 2.35. The summed E-state index contributed by atoms with van der Waals surface area (Å²) in [4.78, 5) is 0. The van der Waals surface area contributed by atoms with E-state index in [0.29, 0.717) is 6.61 Å². The number of hydrogen-bond donors (Lipinski definition) is 1. The van der Waals surface area contributed by atoms with Gasteiger partial charge in [0.05, 0.1) is 5.60 Å². The first kappa shape index (κ1) is 10.5. The minimum Gasteiger partial charge on any atom is -0.491 e. The average molecular weight is 206 g/mol. The second-order valence-electron chi connectivity index (χ2n) is 4.61. The van der Waals surface area contributed by atoms with E-state index in [1.165, 1.54) is 11.1 Å². The van der Waals surface area contributed by atoms with E-state index in [1.54, 1.807) is 0 Å². The first-order valence-corrected chi connectivity index (χ1v) is 5.52. The van der Waals surface area contributed by atoms with Crippen molar-refractivity contribution in [3.8, 4) is 5.75 Å². The monoisotopic (exact) mass is 206 g/mol. The standard InChI is InChI=1S/C13H18O2/c1-10-4-5-12(8-11(10)2)15-9-13(14)6-3-7-13/h4-5,8,14H,3,6-7,9H2,1-2H3. The van der Waals surface area contributed by atoms with E-state index in [4.69, 9.17) is 4.74 Å². The van der Waals surface area contributed by atoms with Crippen LogP contribution in [-0.4, -0.2) is 17.3 Å². The average Bonchev–Trinajstić information content (AvgIpc) is 2.17.